The van der Waals surface area contributed by atoms with Crippen molar-refractivity contribution >= 4 is 23.7 Å². The normalized spacial score (nSPS) is 13.8. The smallest absolute Gasteiger partial charge is 0.295 e. The van der Waals surface area contributed by atoms with Gasteiger partial charge in [-0.25, -0.2) is 32.6 Å². The van der Waals surface area contributed by atoms with Gasteiger partial charge in [0.05, 0.1) is 17.4 Å². The molecule has 0 aliphatic rings. The van der Waals surface area contributed by atoms with Crippen LogP contribution in [0.2, 0.25) is 0 Å². The largest absolute Gasteiger partial charge is 0.477 e. The van der Waals surface area contributed by atoms with Gasteiger partial charge in [-0.15, -0.1) is 5.10 Å². The summed E-state index contributed by atoms with van der Waals surface area (Å²) in [5, 5.41) is 3.52. The summed E-state index contributed by atoms with van der Waals surface area (Å²) >= 11 is 0. The van der Waals surface area contributed by atoms with Crippen molar-refractivity contribution in [1.82, 2.24) is 37.4 Å². The number of halogens is 4. The van der Waals surface area contributed by atoms with E-state index in [1.807, 2.05) is 0 Å². The SMILES string of the molecule is Cc1ccn2c(-c3cn(S(=O)(=O)N(C)C)cn3)c(-c3nc(C(F)(F)F)nn3COP(=O)(OC(C)(C)C)OC(C)(C)C)nc2c1F. The third-order valence-corrected chi connectivity index (χ3v) is 9.33. The Balaban J connectivity index is 1.95. The van der Waals surface area contributed by atoms with Crippen LogP contribution < -0.4 is 0 Å². The lowest BCUT2D eigenvalue weighted by molar-refractivity contribution is -0.145. The Morgan fingerprint density at radius 1 is 1.02 bits per heavy atom. The van der Waals surface area contributed by atoms with E-state index in [4.69, 9.17) is 13.6 Å². The topological polar surface area (TPSA) is 148 Å². The van der Waals surface area contributed by atoms with Crippen LogP contribution in [0, 0.1) is 12.7 Å². The molecule has 0 fully saturated rings. The molecule has 0 saturated carbocycles. The van der Waals surface area contributed by atoms with Crippen LogP contribution in [-0.4, -0.2) is 71.1 Å². The third kappa shape index (κ3) is 7.44. The van der Waals surface area contributed by atoms with Crippen LogP contribution in [0.3, 0.4) is 0 Å². The van der Waals surface area contributed by atoms with Gasteiger partial charge in [-0.3, -0.25) is 18.0 Å². The zero-order chi connectivity index (χ0) is 33.9. The Morgan fingerprint density at radius 3 is 2.16 bits per heavy atom. The second-order valence-corrected chi connectivity index (χ2v) is 15.6. The molecule has 248 valence electrons. The van der Waals surface area contributed by atoms with E-state index in [1.165, 1.54) is 37.7 Å². The van der Waals surface area contributed by atoms with Crippen LogP contribution in [0.1, 0.15) is 52.9 Å². The van der Waals surface area contributed by atoms with Gasteiger partial charge >= 0.3 is 24.2 Å². The number of aromatic nitrogens is 7. The summed E-state index contributed by atoms with van der Waals surface area (Å²) in [7, 11) is -5.92. The number of hydrogen-bond acceptors (Lipinski definition) is 10. The molecule has 0 spiro atoms. The maximum absolute atomic E-state index is 15.3. The van der Waals surface area contributed by atoms with E-state index in [-0.39, 0.29) is 28.3 Å². The van der Waals surface area contributed by atoms with Crippen LogP contribution in [0.25, 0.3) is 28.6 Å². The average molecular weight is 681 g/mol. The zero-order valence-corrected chi connectivity index (χ0v) is 27.6. The Morgan fingerprint density at radius 2 is 1.62 bits per heavy atom. The minimum Gasteiger partial charge on any atom is -0.295 e. The number of rotatable bonds is 9. The number of pyridine rings is 1. The van der Waals surface area contributed by atoms with Crippen LogP contribution in [0.4, 0.5) is 17.6 Å². The van der Waals surface area contributed by atoms with E-state index in [9.17, 15) is 26.2 Å². The summed E-state index contributed by atoms with van der Waals surface area (Å²) < 4.78 is 116. The molecule has 0 atom stereocenters. The van der Waals surface area contributed by atoms with E-state index in [0.717, 1.165) is 20.8 Å². The molecule has 4 heterocycles. The van der Waals surface area contributed by atoms with E-state index in [2.05, 4.69) is 20.1 Å². The molecular weight excluding hydrogens is 647 g/mol. The summed E-state index contributed by atoms with van der Waals surface area (Å²) in [4.78, 5) is 12.0. The molecule has 14 nitrogen and oxygen atoms in total. The highest BCUT2D eigenvalue weighted by atomic mass is 32.2. The van der Waals surface area contributed by atoms with Crippen molar-refractivity contribution in [2.45, 2.75) is 72.6 Å². The first-order valence-electron chi connectivity index (χ1n) is 13.2. The van der Waals surface area contributed by atoms with E-state index >= 15 is 4.39 Å². The van der Waals surface area contributed by atoms with Gasteiger partial charge in [-0.05, 0) is 60.1 Å². The minimum absolute atomic E-state index is 0.104. The van der Waals surface area contributed by atoms with Gasteiger partial charge in [0.1, 0.15) is 23.4 Å². The molecule has 0 bridgehead atoms. The van der Waals surface area contributed by atoms with Crippen LogP contribution in [0.15, 0.2) is 24.8 Å². The monoisotopic (exact) mass is 680 g/mol. The van der Waals surface area contributed by atoms with Gasteiger partial charge in [0, 0.05) is 20.3 Å². The first kappa shape index (κ1) is 34.6. The van der Waals surface area contributed by atoms with Gasteiger partial charge in [0.15, 0.2) is 24.0 Å². The maximum atomic E-state index is 15.3. The standard InChI is InChI=1S/C25H33F4N8O6PS/c1-15-10-11-36-19(16-12-35(13-30-16)45(39,40)34(8)9)18(31-20(36)17(15)26)21-32-22(25(27,28)29)33-37(21)14-41-44(38,42-23(2,3)4)43-24(5,6)7/h10-13H,14H2,1-9H3. The Bertz CT molecular complexity index is 1870. The highest BCUT2D eigenvalue weighted by Gasteiger charge is 2.41. The first-order valence-corrected chi connectivity index (χ1v) is 16.1. The number of hydrogen-bond donors (Lipinski definition) is 0. The van der Waals surface area contributed by atoms with Crippen molar-refractivity contribution in [2.75, 3.05) is 14.1 Å². The van der Waals surface area contributed by atoms with Gasteiger partial charge in [0.25, 0.3) is 5.82 Å². The second kappa shape index (κ2) is 11.5. The molecular formula is C25H33F4N8O6PS. The van der Waals surface area contributed by atoms with Crippen LogP contribution in [0.5, 0.6) is 0 Å². The second-order valence-electron chi connectivity index (χ2n) is 12.1. The highest BCUT2D eigenvalue weighted by Crippen LogP contribution is 2.55. The lowest BCUT2D eigenvalue weighted by atomic mass is 10.2. The Hall–Kier alpha value is -3.22. The number of phosphoric ester groups is 1. The quantitative estimate of drug-likeness (QED) is 0.169. The summed E-state index contributed by atoms with van der Waals surface area (Å²) in [6, 6.07) is 1.39. The van der Waals surface area contributed by atoms with Gasteiger partial charge in [0.2, 0.25) is 0 Å². The summed E-state index contributed by atoms with van der Waals surface area (Å²) in [6.45, 7) is 9.99. The number of imidazole rings is 2. The lowest BCUT2D eigenvalue weighted by Gasteiger charge is -2.30. The predicted molar refractivity (Wildman–Crippen MR) is 153 cm³/mol. The molecule has 0 aromatic carbocycles. The molecule has 0 unspecified atom stereocenters. The molecule has 4 aromatic heterocycles. The third-order valence-electron chi connectivity index (χ3n) is 5.70. The minimum atomic E-state index is -5.05. The van der Waals surface area contributed by atoms with Crippen LogP contribution >= 0.6 is 7.82 Å². The fraction of sp³-hybridized carbons (Fsp3) is 0.520. The predicted octanol–water partition coefficient (Wildman–Crippen LogP) is 5.29. The maximum Gasteiger partial charge on any atom is 0.477 e. The highest BCUT2D eigenvalue weighted by molar-refractivity contribution is 7.87. The summed E-state index contributed by atoms with van der Waals surface area (Å²) in [5.74, 6) is -2.99. The molecule has 0 radical (unpaired) electrons. The van der Waals surface area contributed by atoms with E-state index in [1.54, 1.807) is 41.5 Å². The van der Waals surface area contributed by atoms with Crippen molar-refractivity contribution < 1.29 is 44.1 Å². The summed E-state index contributed by atoms with van der Waals surface area (Å²) in [6.07, 6.45) is -1.60. The Labute approximate surface area is 256 Å². The van der Waals surface area contributed by atoms with E-state index < -0.39 is 59.6 Å². The van der Waals surface area contributed by atoms with Crippen molar-refractivity contribution in [3.05, 3.63) is 42.0 Å². The molecule has 45 heavy (non-hydrogen) atoms. The molecule has 4 rings (SSSR count). The van der Waals surface area contributed by atoms with Crippen molar-refractivity contribution in [2.24, 2.45) is 0 Å². The molecule has 0 saturated heterocycles. The van der Waals surface area contributed by atoms with Crippen molar-refractivity contribution in [3.63, 3.8) is 0 Å². The first-order chi connectivity index (χ1) is 20.4. The molecule has 4 aromatic rings. The zero-order valence-electron chi connectivity index (χ0n) is 25.9. The number of fused-ring (bicyclic) bond motifs is 1. The van der Waals surface area contributed by atoms with Crippen molar-refractivity contribution in [3.8, 4) is 22.9 Å². The van der Waals surface area contributed by atoms with Gasteiger partial charge < -0.3 is 0 Å². The molecule has 0 aliphatic heterocycles. The van der Waals surface area contributed by atoms with Gasteiger partial charge in [-0.2, -0.15) is 25.9 Å². The Kier molecular flexibility index (Phi) is 8.89. The fourth-order valence-corrected chi connectivity index (χ4v) is 6.42. The molecule has 0 N–H and O–H groups in total. The average Bonchev–Trinajstić information content (AvgIpc) is 3.59. The molecule has 0 aliphatic carbocycles. The van der Waals surface area contributed by atoms with Crippen molar-refractivity contribution in [1.29, 1.82) is 0 Å². The molecule has 0 amide bonds. The van der Waals surface area contributed by atoms with Gasteiger partial charge in [-0.1, -0.05) is 0 Å². The molecule has 20 heteroatoms. The number of aryl methyl sites for hydroxylation is 1. The van der Waals surface area contributed by atoms with E-state index in [0.29, 0.717) is 4.68 Å². The number of phosphoric acid groups is 1. The number of nitrogens with zero attached hydrogens (tertiary/aromatic N) is 8. The number of alkyl halides is 3. The fourth-order valence-electron chi connectivity index (χ4n) is 3.91. The summed E-state index contributed by atoms with van der Waals surface area (Å²) in [5.41, 5.74) is -2.83. The van der Waals surface area contributed by atoms with Crippen LogP contribution in [-0.2, 0) is 41.3 Å². The lowest BCUT2D eigenvalue weighted by Crippen LogP contribution is -2.27.